The van der Waals surface area contributed by atoms with Crippen molar-refractivity contribution in [2.45, 2.75) is 19.8 Å². The second-order valence-electron chi connectivity index (χ2n) is 7.32. The summed E-state index contributed by atoms with van der Waals surface area (Å²) in [6, 6.07) is 3.84. The Morgan fingerprint density at radius 1 is 1.30 bits per heavy atom. The molecule has 1 aliphatic rings. The van der Waals surface area contributed by atoms with Gasteiger partial charge in [0.15, 0.2) is 11.5 Å². The average molecular weight is 367 g/mol. The van der Waals surface area contributed by atoms with Crippen LogP contribution in [0.15, 0.2) is 30.7 Å². The van der Waals surface area contributed by atoms with Gasteiger partial charge in [0.2, 0.25) is 0 Å². The van der Waals surface area contributed by atoms with Crippen molar-refractivity contribution in [3.05, 3.63) is 42.1 Å². The van der Waals surface area contributed by atoms with Gasteiger partial charge < -0.3 is 9.80 Å². The number of anilines is 1. The maximum atomic E-state index is 12.6. The first kappa shape index (κ1) is 17.5. The van der Waals surface area contributed by atoms with Gasteiger partial charge in [0.25, 0.3) is 5.91 Å². The van der Waals surface area contributed by atoms with Crippen LogP contribution in [0.3, 0.4) is 0 Å². The number of fused-ring (bicyclic) bond motifs is 1. The van der Waals surface area contributed by atoms with Crippen molar-refractivity contribution in [3.8, 4) is 0 Å². The lowest BCUT2D eigenvalue weighted by Gasteiger charge is -2.34. The minimum Gasteiger partial charge on any atom is -0.355 e. The first-order chi connectivity index (χ1) is 13.0. The van der Waals surface area contributed by atoms with Gasteiger partial charge in [0.1, 0.15) is 5.52 Å². The molecular weight excluding hydrogens is 342 g/mol. The molecule has 0 aliphatic carbocycles. The molecule has 142 valence electrons. The number of aromatic nitrogens is 5. The highest BCUT2D eigenvalue weighted by Crippen LogP contribution is 2.25. The van der Waals surface area contributed by atoms with E-state index in [1.54, 1.807) is 22.0 Å². The largest absolute Gasteiger partial charge is 0.355 e. The van der Waals surface area contributed by atoms with Crippen LogP contribution in [-0.2, 0) is 7.05 Å². The molecule has 3 aromatic heterocycles. The van der Waals surface area contributed by atoms with E-state index in [9.17, 15) is 4.79 Å². The Morgan fingerprint density at radius 3 is 2.78 bits per heavy atom. The summed E-state index contributed by atoms with van der Waals surface area (Å²) in [5.41, 5.74) is 2.54. The molecule has 0 radical (unpaired) electrons. The minimum absolute atomic E-state index is 0.00757. The summed E-state index contributed by atoms with van der Waals surface area (Å²) in [6.07, 6.45) is 7.53. The van der Waals surface area contributed by atoms with Crippen LogP contribution in [-0.4, -0.2) is 61.9 Å². The monoisotopic (exact) mass is 367 g/mol. The zero-order valence-electron chi connectivity index (χ0n) is 16.0. The molecule has 0 saturated carbocycles. The highest BCUT2D eigenvalue weighted by atomic mass is 16.2. The van der Waals surface area contributed by atoms with Crippen LogP contribution in [0, 0.1) is 12.8 Å². The lowest BCUT2D eigenvalue weighted by molar-refractivity contribution is 0.0758. The number of nitrogens with zero attached hydrogens (tertiary/aromatic N) is 7. The third-order valence-electron chi connectivity index (χ3n) is 5.43. The number of aryl methyl sites for hydroxylation is 2. The fraction of sp³-hybridized carbons (Fsp3) is 0.474. The van der Waals surface area contributed by atoms with Gasteiger partial charge in [-0.25, -0.2) is 9.50 Å². The zero-order valence-corrected chi connectivity index (χ0v) is 16.0. The van der Waals surface area contributed by atoms with E-state index in [1.165, 1.54) is 0 Å². The fourth-order valence-electron chi connectivity index (χ4n) is 3.75. The number of hydrogen-bond donors (Lipinski definition) is 0. The Labute approximate surface area is 158 Å². The average Bonchev–Trinajstić information content (AvgIpc) is 3.28. The first-order valence-electron chi connectivity index (χ1n) is 9.32. The van der Waals surface area contributed by atoms with Crippen LogP contribution in [0.5, 0.6) is 0 Å². The molecule has 8 nitrogen and oxygen atoms in total. The molecule has 1 saturated heterocycles. The molecule has 0 N–H and O–H groups in total. The van der Waals surface area contributed by atoms with Gasteiger partial charge in [-0.3, -0.25) is 9.48 Å². The molecule has 1 fully saturated rings. The molecule has 4 rings (SSSR count). The molecule has 1 amide bonds. The molecule has 1 aliphatic heterocycles. The summed E-state index contributed by atoms with van der Waals surface area (Å²) in [5.74, 6) is 1.47. The number of amides is 1. The number of rotatable bonds is 4. The molecule has 0 atom stereocenters. The second kappa shape index (κ2) is 7.02. The lowest BCUT2D eigenvalue weighted by atomic mass is 9.96. The van der Waals surface area contributed by atoms with Crippen molar-refractivity contribution < 1.29 is 4.79 Å². The lowest BCUT2D eigenvalue weighted by Crippen LogP contribution is -2.40. The third-order valence-corrected chi connectivity index (χ3v) is 5.43. The maximum Gasteiger partial charge on any atom is 0.274 e. The molecule has 27 heavy (non-hydrogen) atoms. The molecular formula is C19H25N7O. The van der Waals surface area contributed by atoms with E-state index in [4.69, 9.17) is 0 Å². The van der Waals surface area contributed by atoms with Crippen LogP contribution in [0.4, 0.5) is 5.82 Å². The Balaban J connectivity index is 1.36. The van der Waals surface area contributed by atoms with Gasteiger partial charge >= 0.3 is 0 Å². The van der Waals surface area contributed by atoms with E-state index in [2.05, 4.69) is 20.1 Å². The van der Waals surface area contributed by atoms with Crippen LogP contribution >= 0.6 is 0 Å². The molecule has 0 aromatic carbocycles. The highest BCUT2D eigenvalue weighted by Gasteiger charge is 2.25. The predicted molar refractivity (Wildman–Crippen MR) is 103 cm³/mol. The molecule has 0 bridgehead atoms. The van der Waals surface area contributed by atoms with Crippen molar-refractivity contribution in [2.75, 3.05) is 31.6 Å². The van der Waals surface area contributed by atoms with Crippen molar-refractivity contribution in [1.82, 2.24) is 29.3 Å². The van der Waals surface area contributed by atoms with Gasteiger partial charge in [0.05, 0.1) is 6.20 Å². The smallest absolute Gasteiger partial charge is 0.274 e. The highest BCUT2D eigenvalue weighted by molar-refractivity contribution is 5.92. The Hall–Kier alpha value is -2.90. The summed E-state index contributed by atoms with van der Waals surface area (Å²) in [7, 11) is 3.73. The summed E-state index contributed by atoms with van der Waals surface area (Å²) < 4.78 is 3.60. The van der Waals surface area contributed by atoms with Gasteiger partial charge in [-0.1, -0.05) is 0 Å². The minimum atomic E-state index is -0.00757. The van der Waals surface area contributed by atoms with Crippen molar-refractivity contribution in [1.29, 1.82) is 0 Å². The van der Waals surface area contributed by atoms with Crippen LogP contribution in [0.25, 0.3) is 5.52 Å². The topological polar surface area (TPSA) is 71.6 Å². The van der Waals surface area contributed by atoms with Crippen molar-refractivity contribution >= 4 is 17.2 Å². The summed E-state index contributed by atoms with van der Waals surface area (Å²) in [6.45, 7) is 4.59. The number of carbonyl (C=O) groups is 1. The van der Waals surface area contributed by atoms with Gasteiger partial charge in [-0.15, -0.1) is 0 Å². The Morgan fingerprint density at radius 2 is 2.07 bits per heavy atom. The van der Waals surface area contributed by atoms with E-state index in [0.29, 0.717) is 11.6 Å². The normalized spacial score (nSPS) is 15.4. The van der Waals surface area contributed by atoms with Gasteiger partial charge in [-0.2, -0.15) is 10.2 Å². The van der Waals surface area contributed by atoms with Crippen molar-refractivity contribution in [3.63, 3.8) is 0 Å². The Bertz CT molecular complexity index is 933. The molecule has 8 heteroatoms. The summed E-state index contributed by atoms with van der Waals surface area (Å²) >= 11 is 0. The molecule has 3 aromatic rings. The van der Waals surface area contributed by atoms with Gasteiger partial charge in [-0.05, 0) is 37.8 Å². The van der Waals surface area contributed by atoms with E-state index in [0.717, 1.165) is 49.5 Å². The van der Waals surface area contributed by atoms with E-state index >= 15 is 0 Å². The number of piperidine rings is 1. The fourth-order valence-corrected chi connectivity index (χ4v) is 3.75. The summed E-state index contributed by atoms with van der Waals surface area (Å²) in [5, 5.41) is 8.58. The Kier molecular flexibility index (Phi) is 4.55. The summed E-state index contributed by atoms with van der Waals surface area (Å²) in [4.78, 5) is 21.3. The van der Waals surface area contributed by atoms with E-state index in [-0.39, 0.29) is 5.91 Å². The number of hydrogen-bond acceptors (Lipinski definition) is 5. The zero-order chi connectivity index (χ0) is 19.0. The quantitative estimate of drug-likeness (QED) is 0.703. The van der Waals surface area contributed by atoms with E-state index < -0.39 is 0 Å². The molecule has 4 heterocycles. The number of carbonyl (C=O) groups excluding carboxylic acids is 1. The van der Waals surface area contributed by atoms with Crippen LogP contribution in [0.1, 0.15) is 29.0 Å². The van der Waals surface area contributed by atoms with Crippen molar-refractivity contribution in [2.24, 2.45) is 13.0 Å². The third kappa shape index (κ3) is 3.39. The van der Waals surface area contributed by atoms with E-state index in [1.807, 2.05) is 43.9 Å². The molecule has 0 spiro atoms. The SMILES string of the molecule is Cc1cc(C(=O)N(C)CC2CCN(c3nccn4nccc34)CC2)nn1C. The second-order valence-corrected chi connectivity index (χ2v) is 7.32. The molecule has 0 unspecified atom stereocenters. The first-order valence-corrected chi connectivity index (χ1v) is 9.32. The standard InChI is InChI=1S/C19H25N7O/c1-14-12-16(22-24(14)3)19(27)23(2)13-15-5-9-25(10-6-15)18-17-4-7-21-26(17)11-8-20-18/h4,7-8,11-12,15H,5-6,9-10,13H2,1-3H3. The van der Waals surface area contributed by atoms with Crippen LogP contribution < -0.4 is 4.90 Å². The van der Waals surface area contributed by atoms with Gasteiger partial charge in [0, 0.05) is 51.8 Å². The predicted octanol–water partition coefficient (Wildman–Crippen LogP) is 1.76. The van der Waals surface area contributed by atoms with Crippen LogP contribution in [0.2, 0.25) is 0 Å². The maximum absolute atomic E-state index is 12.6.